The van der Waals surface area contributed by atoms with Gasteiger partial charge < -0.3 is 18.9 Å². The van der Waals surface area contributed by atoms with Crippen molar-refractivity contribution in [3.8, 4) is 17.2 Å². The van der Waals surface area contributed by atoms with Crippen LogP contribution in [0.3, 0.4) is 0 Å². The Morgan fingerprint density at radius 2 is 1.48 bits per heavy atom. The van der Waals surface area contributed by atoms with Crippen molar-refractivity contribution in [3.63, 3.8) is 0 Å². The largest absolute Gasteiger partial charge is 0.497 e. The molecule has 0 bridgehead atoms. The van der Waals surface area contributed by atoms with Crippen molar-refractivity contribution >= 4 is 11.9 Å². The standard InChI is InChI=1S/C21H22O6/c1-3-20(22)26-15-5-4-14-25-18-10-12-19(13-11-18)27-21(23)16-6-8-17(24-2)9-7-16/h3,6-13H,1,4-5,14-15H2,2H3. The monoisotopic (exact) mass is 370 g/mol. The van der Waals surface area contributed by atoms with Gasteiger partial charge in [0.15, 0.2) is 0 Å². The lowest BCUT2D eigenvalue weighted by Crippen LogP contribution is -2.08. The van der Waals surface area contributed by atoms with E-state index >= 15 is 0 Å². The molecule has 0 aliphatic heterocycles. The summed E-state index contributed by atoms with van der Waals surface area (Å²) >= 11 is 0. The van der Waals surface area contributed by atoms with E-state index in [1.807, 2.05) is 0 Å². The van der Waals surface area contributed by atoms with Crippen molar-refractivity contribution in [2.45, 2.75) is 12.8 Å². The van der Waals surface area contributed by atoms with Crippen LogP contribution in [0, 0.1) is 0 Å². The van der Waals surface area contributed by atoms with E-state index in [4.69, 9.17) is 18.9 Å². The first-order chi connectivity index (χ1) is 13.1. The van der Waals surface area contributed by atoms with Crippen LogP contribution in [-0.4, -0.2) is 32.3 Å². The van der Waals surface area contributed by atoms with E-state index in [0.29, 0.717) is 42.4 Å². The van der Waals surface area contributed by atoms with Crippen molar-refractivity contribution in [2.24, 2.45) is 0 Å². The number of carbonyl (C=O) groups is 2. The average Bonchev–Trinajstić information content (AvgIpc) is 2.71. The third-order valence-corrected chi connectivity index (χ3v) is 3.58. The van der Waals surface area contributed by atoms with Crippen LogP contribution >= 0.6 is 0 Å². The molecular weight excluding hydrogens is 348 g/mol. The number of rotatable bonds is 10. The molecule has 6 heteroatoms. The fourth-order valence-electron chi connectivity index (χ4n) is 2.12. The van der Waals surface area contributed by atoms with Crippen LogP contribution in [0.1, 0.15) is 23.2 Å². The van der Waals surface area contributed by atoms with Crippen LogP contribution in [0.25, 0.3) is 0 Å². The van der Waals surface area contributed by atoms with Gasteiger partial charge in [0.1, 0.15) is 17.2 Å². The predicted octanol–water partition coefficient (Wildman–Crippen LogP) is 3.80. The molecule has 27 heavy (non-hydrogen) atoms. The van der Waals surface area contributed by atoms with Gasteiger partial charge in [-0.3, -0.25) is 0 Å². The molecule has 0 fully saturated rings. The third-order valence-electron chi connectivity index (χ3n) is 3.58. The lowest BCUT2D eigenvalue weighted by Gasteiger charge is -2.08. The van der Waals surface area contributed by atoms with Gasteiger partial charge in [-0.15, -0.1) is 0 Å². The van der Waals surface area contributed by atoms with Gasteiger partial charge >= 0.3 is 11.9 Å². The smallest absolute Gasteiger partial charge is 0.343 e. The van der Waals surface area contributed by atoms with E-state index in [9.17, 15) is 9.59 Å². The maximum absolute atomic E-state index is 12.1. The molecule has 0 unspecified atom stereocenters. The summed E-state index contributed by atoms with van der Waals surface area (Å²) in [6, 6.07) is 13.5. The summed E-state index contributed by atoms with van der Waals surface area (Å²) in [6.07, 6.45) is 2.59. The number of esters is 2. The van der Waals surface area contributed by atoms with Crippen molar-refractivity contribution in [3.05, 3.63) is 66.7 Å². The first-order valence-electron chi connectivity index (χ1n) is 8.50. The molecular formula is C21H22O6. The molecule has 0 amide bonds. The lowest BCUT2D eigenvalue weighted by atomic mass is 10.2. The highest BCUT2D eigenvalue weighted by atomic mass is 16.5. The fraction of sp³-hybridized carbons (Fsp3) is 0.238. The van der Waals surface area contributed by atoms with Crippen LogP contribution < -0.4 is 14.2 Å². The number of hydrogen-bond donors (Lipinski definition) is 0. The van der Waals surface area contributed by atoms with E-state index in [-0.39, 0.29) is 0 Å². The number of carbonyl (C=O) groups excluding carboxylic acids is 2. The van der Waals surface area contributed by atoms with Gasteiger partial charge in [-0.05, 0) is 61.4 Å². The van der Waals surface area contributed by atoms with Crippen LogP contribution in [0.2, 0.25) is 0 Å². The van der Waals surface area contributed by atoms with Crippen LogP contribution in [0.5, 0.6) is 17.2 Å². The molecule has 0 atom stereocenters. The molecule has 0 spiro atoms. The van der Waals surface area contributed by atoms with Gasteiger partial charge in [-0.1, -0.05) is 6.58 Å². The van der Waals surface area contributed by atoms with Gasteiger partial charge in [0.2, 0.25) is 0 Å². The summed E-state index contributed by atoms with van der Waals surface area (Å²) in [7, 11) is 1.56. The number of benzene rings is 2. The van der Waals surface area contributed by atoms with Crippen LogP contribution in [-0.2, 0) is 9.53 Å². The Labute approximate surface area is 158 Å². The van der Waals surface area contributed by atoms with Gasteiger partial charge in [0.25, 0.3) is 0 Å². The molecule has 6 nitrogen and oxygen atoms in total. The van der Waals surface area contributed by atoms with E-state index in [2.05, 4.69) is 6.58 Å². The first-order valence-corrected chi connectivity index (χ1v) is 8.50. The highest BCUT2D eigenvalue weighted by molar-refractivity contribution is 5.91. The predicted molar refractivity (Wildman–Crippen MR) is 100 cm³/mol. The number of hydrogen-bond acceptors (Lipinski definition) is 6. The maximum Gasteiger partial charge on any atom is 0.343 e. The van der Waals surface area contributed by atoms with Crippen molar-refractivity contribution in [2.75, 3.05) is 20.3 Å². The minimum absolute atomic E-state index is 0.342. The molecule has 0 aromatic heterocycles. The average molecular weight is 370 g/mol. The second-order valence-corrected chi connectivity index (χ2v) is 5.52. The van der Waals surface area contributed by atoms with Crippen LogP contribution in [0.4, 0.5) is 0 Å². The molecule has 0 N–H and O–H groups in total. The molecule has 142 valence electrons. The highest BCUT2D eigenvalue weighted by Crippen LogP contribution is 2.20. The molecule has 0 saturated heterocycles. The lowest BCUT2D eigenvalue weighted by molar-refractivity contribution is -0.137. The Morgan fingerprint density at radius 1 is 0.889 bits per heavy atom. The highest BCUT2D eigenvalue weighted by Gasteiger charge is 2.09. The summed E-state index contributed by atoms with van der Waals surface area (Å²) in [5.74, 6) is 0.907. The Kier molecular flexibility index (Phi) is 7.91. The summed E-state index contributed by atoms with van der Waals surface area (Å²) in [5.41, 5.74) is 0.438. The van der Waals surface area contributed by atoms with E-state index in [1.54, 1.807) is 55.6 Å². The van der Waals surface area contributed by atoms with Gasteiger partial charge in [0, 0.05) is 6.08 Å². The van der Waals surface area contributed by atoms with Crippen molar-refractivity contribution in [1.82, 2.24) is 0 Å². The van der Waals surface area contributed by atoms with Gasteiger partial charge in [0.05, 0.1) is 25.9 Å². The number of methoxy groups -OCH3 is 1. The first kappa shape index (κ1) is 20.0. The Morgan fingerprint density at radius 3 is 2.11 bits per heavy atom. The summed E-state index contributed by atoms with van der Waals surface area (Å²) in [6.45, 7) is 4.17. The van der Waals surface area contributed by atoms with Gasteiger partial charge in [-0.25, -0.2) is 9.59 Å². The second-order valence-electron chi connectivity index (χ2n) is 5.52. The molecule has 2 aromatic rings. The number of ether oxygens (including phenoxy) is 4. The zero-order valence-electron chi connectivity index (χ0n) is 15.2. The summed E-state index contributed by atoms with van der Waals surface area (Å²) in [5, 5.41) is 0. The Bertz CT molecular complexity index is 749. The fourth-order valence-corrected chi connectivity index (χ4v) is 2.12. The number of unbranched alkanes of at least 4 members (excludes halogenated alkanes) is 1. The normalized spacial score (nSPS) is 9.96. The van der Waals surface area contributed by atoms with E-state index in [1.165, 1.54) is 0 Å². The van der Waals surface area contributed by atoms with Crippen LogP contribution in [0.15, 0.2) is 61.2 Å². The maximum atomic E-state index is 12.1. The minimum atomic E-state index is -0.444. The molecule has 0 saturated carbocycles. The Hall–Kier alpha value is -3.28. The summed E-state index contributed by atoms with van der Waals surface area (Å²) < 4.78 is 20.9. The quantitative estimate of drug-likeness (QED) is 0.274. The van der Waals surface area contributed by atoms with E-state index in [0.717, 1.165) is 12.5 Å². The second kappa shape index (κ2) is 10.7. The van der Waals surface area contributed by atoms with E-state index < -0.39 is 11.9 Å². The van der Waals surface area contributed by atoms with Crippen molar-refractivity contribution in [1.29, 1.82) is 0 Å². The molecule has 0 aliphatic carbocycles. The third kappa shape index (κ3) is 6.86. The zero-order chi connectivity index (χ0) is 19.5. The molecule has 0 aliphatic rings. The Balaban J connectivity index is 1.73. The topological polar surface area (TPSA) is 71.1 Å². The minimum Gasteiger partial charge on any atom is -0.497 e. The SMILES string of the molecule is C=CC(=O)OCCCCOc1ccc(OC(=O)c2ccc(OC)cc2)cc1. The van der Waals surface area contributed by atoms with Gasteiger partial charge in [-0.2, -0.15) is 0 Å². The zero-order valence-corrected chi connectivity index (χ0v) is 15.2. The molecule has 2 aromatic carbocycles. The molecule has 0 heterocycles. The van der Waals surface area contributed by atoms with Crippen molar-refractivity contribution < 1.29 is 28.5 Å². The summed E-state index contributed by atoms with van der Waals surface area (Å²) in [4.78, 5) is 23.0. The molecule has 0 radical (unpaired) electrons. The molecule has 2 rings (SSSR count).